The molecule has 4 rings (SSSR count). The molecule has 2 heterocycles. The van der Waals surface area contributed by atoms with Crippen LogP contribution in [-0.2, 0) is 4.74 Å². The number of carbonyl (C=O) groups is 1. The number of anilines is 3. The minimum atomic E-state index is -0.373. The molecule has 0 spiro atoms. The average molecular weight is 407 g/mol. The largest absolute Gasteiger partial charge is 0.491 e. The summed E-state index contributed by atoms with van der Waals surface area (Å²) >= 11 is 0. The van der Waals surface area contributed by atoms with E-state index in [0.29, 0.717) is 35.1 Å². The third kappa shape index (κ3) is 5.12. The van der Waals surface area contributed by atoms with Crippen molar-refractivity contribution >= 4 is 23.1 Å². The molecule has 0 radical (unpaired) electrons. The minimum Gasteiger partial charge on any atom is -0.491 e. The van der Waals surface area contributed by atoms with Crippen LogP contribution in [-0.4, -0.2) is 30.2 Å². The molecular weight excluding hydrogens is 385 g/mol. The van der Waals surface area contributed by atoms with Gasteiger partial charge in [0.25, 0.3) is 5.91 Å². The fourth-order valence-corrected chi connectivity index (χ4v) is 3.22. The second kappa shape index (κ2) is 9.37. The van der Waals surface area contributed by atoms with Crippen molar-refractivity contribution in [2.24, 2.45) is 0 Å². The Hall–Kier alpha value is -3.45. The number of carbonyl (C=O) groups excluding carboxylic acids is 1. The van der Waals surface area contributed by atoms with Crippen molar-refractivity contribution in [1.29, 1.82) is 0 Å². The summed E-state index contributed by atoms with van der Waals surface area (Å²) in [4.78, 5) is 17.1. The molecule has 2 aromatic carbocycles. The van der Waals surface area contributed by atoms with E-state index in [1.807, 2.05) is 12.1 Å². The van der Waals surface area contributed by atoms with Crippen LogP contribution in [0.1, 0.15) is 23.2 Å². The number of nitrogens with zero attached hydrogens (tertiary/aromatic N) is 1. The van der Waals surface area contributed by atoms with Crippen LogP contribution in [0, 0.1) is 5.82 Å². The Morgan fingerprint density at radius 3 is 2.83 bits per heavy atom. The van der Waals surface area contributed by atoms with Gasteiger partial charge >= 0.3 is 0 Å². The third-order valence-corrected chi connectivity index (χ3v) is 4.69. The molecule has 154 valence electrons. The predicted octanol–water partition coefficient (Wildman–Crippen LogP) is 4.77. The average Bonchev–Trinajstić information content (AvgIpc) is 3.27. The molecule has 7 heteroatoms. The number of benzene rings is 2. The number of halogens is 1. The molecule has 2 N–H and O–H groups in total. The summed E-state index contributed by atoms with van der Waals surface area (Å²) in [5.41, 5.74) is 1.45. The van der Waals surface area contributed by atoms with Crippen LogP contribution in [0.3, 0.4) is 0 Å². The van der Waals surface area contributed by atoms with Crippen molar-refractivity contribution in [3.63, 3.8) is 0 Å². The summed E-state index contributed by atoms with van der Waals surface area (Å²) in [5, 5.41) is 5.85. The number of rotatable bonds is 7. The summed E-state index contributed by atoms with van der Waals surface area (Å²) in [5.74, 6) is 0.291. The van der Waals surface area contributed by atoms with Gasteiger partial charge in [0.15, 0.2) is 0 Å². The molecule has 0 saturated carbocycles. The van der Waals surface area contributed by atoms with Gasteiger partial charge in [-0.15, -0.1) is 0 Å². The highest BCUT2D eigenvalue weighted by molar-refractivity contribution is 6.07. The molecular formula is C23H22FN3O3. The number of amides is 1. The second-order valence-corrected chi connectivity index (χ2v) is 6.96. The van der Waals surface area contributed by atoms with Gasteiger partial charge in [0.2, 0.25) is 0 Å². The lowest BCUT2D eigenvalue weighted by molar-refractivity contribution is 0.0680. The predicted molar refractivity (Wildman–Crippen MR) is 113 cm³/mol. The first-order valence-electron chi connectivity index (χ1n) is 9.81. The number of hydrogen-bond acceptors (Lipinski definition) is 5. The lowest BCUT2D eigenvalue weighted by Crippen LogP contribution is -2.17. The first-order valence-corrected chi connectivity index (χ1v) is 9.81. The molecule has 1 aliphatic rings. The lowest BCUT2D eigenvalue weighted by atomic mass is 10.2. The van der Waals surface area contributed by atoms with Gasteiger partial charge in [-0.2, -0.15) is 0 Å². The van der Waals surface area contributed by atoms with Crippen molar-refractivity contribution in [2.45, 2.75) is 18.9 Å². The summed E-state index contributed by atoms with van der Waals surface area (Å²) in [7, 11) is 0. The maximum atomic E-state index is 13.5. The van der Waals surface area contributed by atoms with Crippen LogP contribution in [0.15, 0.2) is 66.9 Å². The van der Waals surface area contributed by atoms with Gasteiger partial charge in [0.05, 0.1) is 11.7 Å². The number of ether oxygens (including phenoxy) is 2. The van der Waals surface area contributed by atoms with Crippen molar-refractivity contribution in [2.75, 3.05) is 23.8 Å². The van der Waals surface area contributed by atoms with E-state index in [9.17, 15) is 9.18 Å². The van der Waals surface area contributed by atoms with E-state index in [0.717, 1.165) is 19.4 Å². The van der Waals surface area contributed by atoms with E-state index in [2.05, 4.69) is 15.6 Å². The van der Waals surface area contributed by atoms with Gasteiger partial charge in [-0.25, -0.2) is 9.37 Å². The summed E-state index contributed by atoms with van der Waals surface area (Å²) < 4.78 is 24.8. The number of aromatic nitrogens is 1. The molecule has 0 aliphatic carbocycles. The summed E-state index contributed by atoms with van der Waals surface area (Å²) in [6.45, 7) is 1.27. The Balaban J connectivity index is 1.44. The maximum Gasteiger partial charge on any atom is 0.259 e. The molecule has 1 saturated heterocycles. The van der Waals surface area contributed by atoms with E-state index >= 15 is 0 Å². The number of nitrogens with one attached hydrogen (secondary N) is 2. The highest BCUT2D eigenvalue weighted by Crippen LogP contribution is 2.23. The first-order chi connectivity index (χ1) is 14.7. The first kappa shape index (κ1) is 19.8. The van der Waals surface area contributed by atoms with Gasteiger partial charge in [-0.3, -0.25) is 4.79 Å². The Morgan fingerprint density at radius 2 is 2.00 bits per heavy atom. The lowest BCUT2D eigenvalue weighted by Gasteiger charge is -2.13. The van der Waals surface area contributed by atoms with Gasteiger partial charge in [0, 0.05) is 30.2 Å². The highest BCUT2D eigenvalue weighted by atomic mass is 19.1. The maximum absolute atomic E-state index is 13.5. The van der Waals surface area contributed by atoms with Crippen molar-refractivity contribution in [3.05, 3.63) is 78.2 Å². The van der Waals surface area contributed by atoms with Gasteiger partial charge in [-0.1, -0.05) is 12.1 Å². The van der Waals surface area contributed by atoms with E-state index in [1.165, 1.54) is 12.1 Å². The zero-order valence-electron chi connectivity index (χ0n) is 16.3. The number of pyridine rings is 1. The van der Waals surface area contributed by atoms with Crippen molar-refractivity contribution in [3.8, 4) is 5.75 Å². The summed E-state index contributed by atoms with van der Waals surface area (Å²) in [6.07, 6.45) is 3.74. The molecule has 1 aromatic heterocycles. The van der Waals surface area contributed by atoms with E-state index in [1.54, 1.807) is 42.6 Å². The van der Waals surface area contributed by atoms with Crippen LogP contribution in [0.25, 0.3) is 0 Å². The van der Waals surface area contributed by atoms with Gasteiger partial charge < -0.3 is 20.1 Å². The molecule has 1 atom stereocenters. The van der Waals surface area contributed by atoms with Crippen LogP contribution >= 0.6 is 0 Å². The van der Waals surface area contributed by atoms with Crippen molar-refractivity contribution in [1.82, 2.24) is 4.98 Å². The van der Waals surface area contributed by atoms with Crippen LogP contribution in [0.5, 0.6) is 5.75 Å². The zero-order chi connectivity index (χ0) is 20.8. The molecule has 30 heavy (non-hydrogen) atoms. The van der Waals surface area contributed by atoms with Crippen LogP contribution in [0.2, 0.25) is 0 Å². The molecule has 3 aromatic rings. The standard InChI is InChI=1S/C23H22FN3O3/c24-16-5-1-6-17(13-16)26-22-21(10-3-11-25-22)23(28)27-18-7-2-8-19(14-18)30-15-20-9-4-12-29-20/h1-3,5-8,10-11,13-14,20H,4,9,12,15H2,(H,25,26)(H,27,28). The second-order valence-electron chi connectivity index (χ2n) is 6.96. The minimum absolute atomic E-state index is 0.120. The molecule has 1 aliphatic heterocycles. The smallest absolute Gasteiger partial charge is 0.259 e. The zero-order valence-corrected chi connectivity index (χ0v) is 16.3. The van der Waals surface area contributed by atoms with Crippen molar-refractivity contribution < 1.29 is 18.7 Å². The molecule has 1 unspecified atom stereocenters. The van der Waals surface area contributed by atoms with Gasteiger partial charge in [0.1, 0.15) is 24.0 Å². The SMILES string of the molecule is O=C(Nc1cccc(OCC2CCCO2)c1)c1cccnc1Nc1cccc(F)c1. The highest BCUT2D eigenvalue weighted by Gasteiger charge is 2.17. The molecule has 0 bridgehead atoms. The van der Waals surface area contributed by atoms with E-state index in [4.69, 9.17) is 9.47 Å². The molecule has 1 amide bonds. The number of hydrogen-bond donors (Lipinski definition) is 2. The quantitative estimate of drug-likeness (QED) is 0.590. The monoisotopic (exact) mass is 407 g/mol. The Morgan fingerprint density at radius 1 is 1.13 bits per heavy atom. The fraction of sp³-hybridized carbons (Fsp3) is 0.217. The van der Waals surface area contributed by atoms with E-state index < -0.39 is 0 Å². The van der Waals surface area contributed by atoms with Gasteiger partial charge in [-0.05, 0) is 55.3 Å². The normalized spacial score (nSPS) is 15.6. The molecule has 6 nitrogen and oxygen atoms in total. The van der Waals surface area contributed by atoms with Crippen LogP contribution in [0.4, 0.5) is 21.6 Å². The summed E-state index contributed by atoms with van der Waals surface area (Å²) in [6, 6.07) is 16.5. The molecule has 1 fully saturated rings. The van der Waals surface area contributed by atoms with E-state index in [-0.39, 0.29) is 17.8 Å². The Labute approximate surface area is 174 Å². The Kier molecular flexibility index (Phi) is 6.20. The Bertz CT molecular complexity index is 1020. The topological polar surface area (TPSA) is 72.5 Å². The fourth-order valence-electron chi connectivity index (χ4n) is 3.22. The van der Waals surface area contributed by atoms with Crippen LogP contribution < -0.4 is 15.4 Å². The third-order valence-electron chi connectivity index (χ3n) is 4.69.